The van der Waals surface area contributed by atoms with Crippen LogP contribution in [0.2, 0.25) is 0 Å². The second-order valence-electron chi connectivity index (χ2n) is 9.26. The lowest BCUT2D eigenvalue weighted by Gasteiger charge is -2.25. The Hall–Kier alpha value is -3.49. The van der Waals surface area contributed by atoms with Crippen molar-refractivity contribution in [3.8, 4) is 11.5 Å². The summed E-state index contributed by atoms with van der Waals surface area (Å²) in [6.07, 6.45) is -8.88. The van der Waals surface area contributed by atoms with Crippen LogP contribution in [0, 0.1) is 11.8 Å². The Kier molecular flexibility index (Phi) is 8.79. The molecule has 0 aliphatic carbocycles. The fourth-order valence-electron chi connectivity index (χ4n) is 3.99. The lowest BCUT2D eigenvalue weighted by atomic mass is 9.95. The molecule has 1 aromatic carbocycles. The van der Waals surface area contributed by atoms with Gasteiger partial charge in [-0.05, 0) is 43.4 Å². The van der Waals surface area contributed by atoms with Crippen molar-refractivity contribution >= 4 is 23.5 Å². The number of Topliss-reactive ketones (excluding diaryl/α,β-unsaturated/α-hetero) is 1. The van der Waals surface area contributed by atoms with Crippen molar-refractivity contribution in [3.05, 3.63) is 23.8 Å². The molecule has 0 bridgehead atoms. The number of halogens is 5. The molecule has 1 fully saturated rings. The summed E-state index contributed by atoms with van der Waals surface area (Å²) in [6, 6.07) is 0.492. The van der Waals surface area contributed by atoms with Gasteiger partial charge in [-0.3, -0.25) is 23.9 Å². The fourth-order valence-corrected chi connectivity index (χ4v) is 3.99. The van der Waals surface area contributed by atoms with Crippen LogP contribution in [0.15, 0.2) is 18.2 Å². The van der Waals surface area contributed by atoms with E-state index in [4.69, 9.17) is 0 Å². The van der Waals surface area contributed by atoms with Crippen LogP contribution in [0.25, 0.3) is 0 Å². The van der Waals surface area contributed by atoms with Crippen molar-refractivity contribution in [3.63, 3.8) is 0 Å². The van der Waals surface area contributed by atoms with E-state index in [1.54, 1.807) is 13.8 Å². The molecule has 2 heterocycles. The largest absolute Gasteiger partial charge is 0.586 e. The fraction of sp³-hybridized carbons (Fsp3) is 0.565. The first-order chi connectivity index (χ1) is 17.6. The molecule has 1 saturated heterocycles. The third-order valence-corrected chi connectivity index (χ3v) is 5.76. The molecule has 0 saturated carbocycles. The number of fused-ring (bicyclic) bond motifs is 1. The van der Waals surface area contributed by atoms with E-state index in [1.807, 2.05) is 0 Å². The zero-order valence-corrected chi connectivity index (χ0v) is 20.3. The molecular formula is C23H26F5N3O7. The van der Waals surface area contributed by atoms with Gasteiger partial charge in [0.1, 0.15) is 12.6 Å². The van der Waals surface area contributed by atoms with Gasteiger partial charge in [0, 0.05) is 18.0 Å². The Morgan fingerprint density at radius 2 is 1.82 bits per heavy atom. The predicted octanol–water partition coefficient (Wildman–Crippen LogP) is 2.27. The van der Waals surface area contributed by atoms with Gasteiger partial charge in [-0.2, -0.15) is 0 Å². The topological polar surface area (TPSA) is 132 Å². The molecule has 10 nitrogen and oxygen atoms in total. The summed E-state index contributed by atoms with van der Waals surface area (Å²) in [5, 5.41) is 7.33. The highest BCUT2D eigenvalue weighted by Crippen LogP contribution is 2.41. The minimum absolute atomic E-state index is 0.0596. The maximum atomic E-state index is 13.3. The van der Waals surface area contributed by atoms with Crippen LogP contribution in [0.5, 0.6) is 11.5 Å². The lowest BCUT2D eigenvalue weighted by molar-refractivity contribution is -0.321. The lowest BCUT2D eigenvalue weighted by Crippen LogP contribution is -2.53. The molecule has 38 heavy (non-hydrogen) atoms. The van der Waals surface area contributed by atoms with Crippen LogP contribution in [-0.2, 0) is 19.1 Å². The van der Waals surface area contributed by atoms with Gasteiger partial charge < -0.3 is 25.4 Å². The minimum atomic E-state index is -5.09. The Balaban J connectivity index is 1.74. The maximum absolute atomic E-state index is 13.3. The Bertz CT molecular complexity index is 1080. The van der Waals surface area contributed by atoms with E-state index in [0.717, 1.165) is 12.1 Å². The Morgan fingerprint density at radius 1 is 1.13 bits per heavy atom. The second kappa shape index (κ2) is 11.5. The Labute approximate surface area is 213 Å². The summed E-state index contributed by atoms with van der Waals surface area (Å²) in [6.45, 7) is 2.40. The van der Waals surface area contributed by atoms with Gasteiger partial charge in [-0.1, -0.05) is 13.8 Å². The van der Waals surface area contributed by atoms with Crippen LogP contribution in [0.4, 0.5) is 22.0 Å². The first-order valence-corrected chi connectivity index (χ1v) is 11.7. The van der Waals surface area contributed by atoms with Gasteiger partial charge in [0.2, 0.25) is 11.8 Å². The monoisotopic (exact) mass is 551 g/mol. The molecule has 3 unspecified atom stereocenters. The zero-order chi connectivity index (χ0) is 28.3. The predicted molar refractivity (Wildman–Crippen MR) is 118 cm³/mol. The standard InChI is InChI=1S/C23H26F5N3O7/c1-11(2)7-15(31-20(34)12-3-4-17-18(9-12)38-23(27,28)37-17)21(35)30-14(8-13-5-6-29-19(13)33)16(32)10-36-22(24,25)26/h3-4,9,11,13-15H,5-8,10H2,1-2H3,(H,29,33)(H,30,35)(H,31,34). The number of carbonyl (C=O) groups is 4. The maximum Gasteiger partial charge on any atom is 0.586 e. The molecule has 3 rings (SSSR count). The summed E-state index contributed by atoms with van der Waals surface area (Å²) < 4.78 is 76.2. The first-order valence-electron chi connectivity index (χ1n) is 11.7. The van der Waals surface area contributed by atoms with Crippen molar-refractivity contribution < 1.29 is 55.3 Å². The van der Waals surface area contributed by atoms with Gasteiger partial charge in [0.15, 0.2) is 17.3 Å². The smallest absolute Gasteiger partial charge is 0.395 e. The van der Waals surface area contributed by atoms with Crippen molar-refractivity contribution in [2.45, 2.75) is 57.9 Å². The van der Waals surface area contributed by atoms with Crippen LogP contribution < -0.4 is 25.4 Å². The molecule has 3 atom stereocenters. The molecule has 2 aliphatic rings. The number of benzene rings is 1. The van der Waals surface area contributed by atoms with Crippen molar-refractivity contribution in [1.82, 2.24) is 16.0 Å². The van der Waals surface area contributed by atoms with Crippen molar-refractivity contribution in [2.75, 3.05) is 13.2 Å². The van der Waals surface area contributed by atoms with E-state index in [-0.39, 0.29) is 30.1 Å². The zero-order valence-electron chi connectivity index (χ0n) is 20.3. The van der Waals surface area contributed by atoms with E-state index in [0.29, 0.717) is 13.0 Å². The summed E-state index contributed by atoms with van der Waals surface area (Å²) in [7, 11) is 0. The number of amides is 3. The highest BCUT2D eigenvalue weighted by Gasteiger charge is 2.43. The van der Waals surface area contributed by atoms with Crippen molar-refractivity contribution in [2.24, 2.45) is 11.8 Å². The van der Waals surface area contributed by atoms with Crippen LogP contribution >= 0.6 is 0 Å². The van der Waals surface area contributed by atoms with E-state index in [1.165, 1.54) is 6.07 Å². The molecule has 3 N–H and O–H groups in total. The number of ketones is 1. The average Bonchev–Trinajstić information content (AvgIpc) is 3.35. The highest BCUT2D eigenvalue weighted by molar-refractivity contribution is 5.99. The van der Waals surface area contributed by atoms with Crippen molar-refractivity contribution in [1.29, 1.82) is 0 Å². The van der Waals surface area contributed by atoms with Crippen LogP contribution in [0.1, 0.15) is 43.5 Å². The number of carbonyl (C=O) groups excluding carboxylic acids is 4. The average molecular weight is 551 g/mol. The number of hydrogen-bond donors (Lipinski definition) is 3. The molecule has 3 amide bonds. The third-order valence-electron chi connectivity index (χ3n) is 5.76. The van der Waals surface area contributed by atoms with Gasteiger partial charge in [-0.15, -0.1) is 22.0 Å². The molecule has 0 aromatic heterocycles. The summed E-state index contributed by atoms with van der Waals surface area (Å²) in [5.74, 6) is -4.81. The molecular weight excluding hydrogens is 525 g/mol. The number of rotatable bonds is 11. The molecule has 0 radical (unpaired) electrons. The quantitative estimate of drug-likeness (QED) is 0.360. The van der Waals surface area contributed by atoms with Gasteiger partial charge in [0.05, 0.1) is 6.04 Å². The van der Waals surface area contributed by atoms with Gasteiger partial charge in [0.25, 0.3) is 5.91 Å². The molecule has 15 heteroatoms. The van der Waals surface area contributed by atoms with E-state index < -0.39 is 66.5 Å². The van der Waals surface area contributed by atoms with E-state index in [2.05, 4.69) is 30.2 Å². The van der Waals surface area contributed by atoms with Gasteiger partial charge in [-0.25, -0.2) is 0 Å². The third kappa shape index (κ3) is 8.00. The second-order valence-corrected chi connectivity index (χ2v) is 9.26. The molecule has 0 spiro atoms. The van der Waals surface area contributed by atoms with E-state index >= 15 is 0 Å². The van der Waals surface area contributed by atoms with E-state index in [9.17, 15) is 41.1 Å². The van der Waals surface area contributed by atoms with Crippen LogP contribution in [-0.4, -0.2) is 61.4 Å². The summed E-state index contributed by atoms with van der Waals surface area (Å²) in [5.41, 5.74) is -0.138. The highest BCUT2D eigenvalue weighted by atomic mass is 19.4. The molecule has 210 valence electrons. The SMILES string of the molecule is CC(C)CC(NC(=O)c1ccc2c(c1)OC(F)(F)O2)C(=O)NC(CC1CCNC1=O)C(=O)COC(F)(F)F. The number of hydrogen-bond acceptors (Lipinski definition) is 7. The normalized spacial score (nSPS) is 19.6. The minimum Gasteiger partial charge on any atom is -0.395 e. The van der Waals surface area contributed by atoms with Crippen LogP contribution in [0.3, 0.4) is 0 Å². The number of alkyl halides is 5. The number of nitrogens with one attached hydrogen (secondary N) is 3. The Morgan fingerprint density at radius 3 is 2.42 bits per heavy atom. The number of ether oxygens (including phenoxy) is 3. The molecule has 2 aliphatic heterocycles. The summed E-state index contributed by atoms with van der Waals surface area (Å²) in [4.78, 5) is 50.4. The summed E-state index contributed by atoms with van der Waals surface area (Å²) >= 11 is 0. The molecule has 1 aromatic rings. The first kappa shape index (κ1) is 29.1. The van der Waals surface area contributed by atoms with Gasteiger partial charge >= 0.3 is 12.7 Å².